The highest BCUT2D eigenvalue weighted by Crippen LogP contribution is 2.39. The fourth-order valence-corrected chi connectivity index (χ4v) is 3.02. The summed E-state index contributed by atoms with van der Waals surface area (Å²) in [5.41, 5.74) is 1.09. The Morgan fingerprint density at radius 2 is 1.83 bits per heavy atom. The summed E-state index contributed by atoms with van der Waals surface area (Å²) in [6.45, 7) is 0.0383. The summed E-state index contributed by atoms with van der Waals surface area (Å²) >= 11 is 0. The zero-order valence-corrected chi connectivity index (χ0v) is 13.3. The van der Waals surface area contributed by atoms with E-state index in [0.29, 0.717) is 11.1 Å². The number of carbonyl (C=O) groups is 1. The Kier molecular flexibility index (Phi) is 4.75. The van der Waals surface area contributed by atoms with Crippen LogP contribution in [-0.2, 0) is 15.0 Å². The van der Waals surface area contributed by atoms with Crippen molar-refractivity contribution in [3.63, 3.8) is 0 Å². The number of hydrogen-bond donors (Lipinski definition) is 0. The second-order valence-corrected chi connectivity index (χ2v) is 6.21. The van der Waals surface area contributed by atoms with Crippen LogP contribution < -0.4 is 4.18 Å². The molecule has 0 saturated heterocycles. The molecular formula is C17H14NO5S-. The fourth-order valence-electron chi connectivity index (χ4n) is 2.19. The third-order valence-corrected chi connectivity index (χ3v) is 4.12. The molecule has 0 aliphatic carbocycles. The van der Waals surface area contributed by atoms with E-state index in [1.54, 1.807) is 42.5 Å². The van der Waals surface area contributed by atoms with E-state index in [-0.39, 0.29) is 18.1 Å². The largest absolute Gasteiger partial charge is 0.484 e. The van der Waals surface area contributed by atoms with Gasteiger partial charge in [0.25, 0.3) is 0 Å². The summed E-state index contributed by atoms with van der Waals surface area (Å²) in [4.78, 5) is 11.9. The average molecular weight is 344 g/mol. The number of carbonyl (C=O) groups excluding carboxylic acids is 1. The van der Waals surface area contributed by atoms with Gasteiger partial charge in [0.2, 0.25) is 10.3 Å². The third-order valence-electron chi connectivity index (χ3n) is 3.28. The molecule has 0 saturated carbocycles. The first kappa shape index (κ1) is 16.4. The van der Waals surface area contributed by atoms with Crippen molar-refractivity contribution in [1.29, 1.82) is 0 Å². The quantitative estimate of drug-likeness (QED) is 0.614. The number of allylic oxidation sites excluding steroid dienone is 1. The minimum atomic E-state index is -4.03. The van der Waals surface area contributed by atoms with E-state index in [9.17, 15) is 13.2 Å². The number of para-hydroxylation sites is 1. The van der Waals surface area contributed by atoms with Crippen molar-refractivity contribution in [3.8, 4) is 5.75 Å². The summed E-state index contributed by atoms with van der Waals surface area (Å²) in [6, 6.07) is 15.4. The second kappa shape index (κ2) is 6.96. The SMILES string of the molecule is O=C(/C=C/CO[C@@H]1[N-]S(=O)(=O)Oc2ccccc21)c1ccccc1. The van der Waals surface area contributed by atoms with Gasteiger partial charge >= 0.3 is 0 Å². The van der Waals surface area contributed by atoms with Crippen LogP contribution in [0, 0.1) is 0 Å². The second-order valence-electron chi connectivity index (χ2n) is 4.97. The van der Waals surface area contributed by atoms with E-state index >= 15 is 0 Å². The predicted octanol–water partition coefficient (Wildman–Crippen LogP) is 3.15. The van der Waals surface area contributed by atoms with Crippen molar-refractivity contribution in [2.45, 2.75) is 6.23 Å². The lowest BCUT2D eigenvalue weighted by Crippen LogP contribution is -2.20. The van der Waals surface area contributed by atoms with E-state index in [1.807, 2.05) is 6.07 Å². The molecule has 124 valence electrons. The van der Waals surface area contributed by atoms with Gasteiger partial charge in [-0.25, -0.2) is 8.42 Å². The standard InChI is InChI=1S/C17H14NO5S/c19-15(13-7-2-1-3-8-13)10-6-12-22-17-14-9-4-5-11-16(14)23-24(20,21)18-17/h1-11,17H,12H2/q-1/b10-6+/t17-/m0/s1. The van der Waals surface area contributed by atoms with E-state index < -0.39 is 16.5 Å². The lowest BCUT2D eigenvalue weighted by atomic mass is 10.1. The molecule has 0 radical (unpaired) electrons. The summed E-state index contributed by atoms with van der Waals surface area (Å²) in [7, 11) is -4.03. The zero-order valence-electron chi connectivity index (χ0n) is 12.5. The van der Waals surface area contributed by atoms with Gasteiger partial charge in [-0.15, -0.1) is 0 Å². The topological polar surface area (TPSA) is 83.8 Å². The molecule has 0 unspecified atom stereocenters. The average Bonchev–Trinajstić information content (AvgIpc) is 2.58. The summed E-state index contributed by atoms with van der Waals surface area (Å²) in [5.74, 6) is 0.0398. The maximum absolute atomic E-state index is 11.9. The minimum absolute atomic E-state index is 0.0383. The Labute approximate surface area is 140 Å². The van der Waals surface area contributed by atoms with Crippen molar-refractivity contribution in [3.05, 3.63) is 82.6 Å². The summed E-state index contributed by atoms with van der Waals surface area (Å²) < 4.78 is 37.0. The Balaban J connectivity index is 1.65. The highest BCUT2D eigenvalue weighted by atomic mass is 32.2. The first-order chi connectivity index (χ1) is 11.6. The van der Waals surface area contributed by atoms with E-state index in [1.165, 1.54) is 18.2 Å². The Morgan fingerprint density at radius 1 is 1.12 bits per heavy atom. The van der Waals surface area contributed by atoms with Gasteiger partial charge in [0, 0.05) is 17.4 Å². The van der Waals surface area contributed by atoms with Crippen LogP contribution in [0.2, 0.25) is 0 Å². The lowest BCUT2D eigenvalue weighted by molar-refractivity contribution is 0.0990. The zero-order chi connectivity index (χ0) is 17.0. The molecule has 0 fully saturated rings. The number of nitrogens with zero attached hydrogens (tertiary/aromatic N) is 1. The number of hydrogen-bond acceptors (Lipinski definition) is 5. The molecule has 1 heterocycles. The molecule has 3 rings (SSSR count). The van der Waals surface area contributed by atoms with Gasteiger partial charge in [0.1, 0.15) is 5.75 Å². The molecule has 2 aromatic carbocycles. The fraction of sp³-hybridized carbons (Fsp3) is 0.118. The van der Waals surface area contributed by atoms with Crippen molar-refractivity contribution in [1.82, 2.24) is 0 Å². The highest BCUT2D eigenvalue weighted by molar-refractivity contribution is 7.89. The minimum Gasteiger partial charge on any atom is -0.484 e. The number of fused-ring (bicyclic) bond motifs is 1. The van der Waals surface area contributed by atoms with Gasteiger partial charge in [-0.2, -0.15) is 0 Å². The first-order valence-corrected chi connectivity index (χ1v) is 8.55. The maximum Gasteiger partial charge on any atom is 0.236 e. The van der Waals surface area contributed by atoms with Gasteiger partial charge in [0.15, 0.2) is 5.78 Å². The molecule has 0 aromatic heterocycles. The molecule has 0 N–H and O–H groups in total. The normalized spacial score (nSPS) is 18.8. The molecule has 0 spiro atoms. The van der Waals surface area contributed by atoms with Crippen LogP contribution >= 0.6 is 0 Å². The number of ketones is 1. The van der Waals surface area contributed by atoms with Gasteiger partial charge in [-0.1, -0.05) is 54.6 Å². The van der Waals surface area contributed by atoms with Crippen LogP contribution in [0.25, 0.3) is 4.72 Å². The third kappa shape index (κ3) is 3.88. The van der Waals surface area contributed by atoms with Crippen molar-refractivity contribution >= 4 is 16.1 Å². The van der Waals surface area contributed by atoms with Crippen LogP contribution in [0.5, 0.6) is 5.75 Å². The highest BCUT2D eigenvalue weighted by Gasteiger charge is 2.20. The van der Waals surface area contributed by atoms with Crippen molar-refractivity contribution < 1.29 is 22.1 Å². The molecule has 2 aromatic rings. The van der Waals surface area contributed by atoms with Crippen molar-refractivity contribution in [2.24, 2.45) is 0 Å². The number of rotatable bonds is 5. The van der Waals surface area contributed by atoms with Crippen LogP contribution in [0.3, 0.4) is 0 Å². The maximum atomic E-state index is 11.9. The molecular weight excluding hydrogens is 330 g/mol. The number of ether oxygens (including phenoxy) is 1. The summed E-state index contributed by atoms with van der Waals surface area (Å²) in [6.07, 6.45) is 1.92. The molecule has 1 aliphatic rings. The van der Waals surface area contributed by atoms with Gasteiger partial charge in [-0.3, -0.25) is 4.79 Å². The van der Waals surface area contributed by atoms with Crippen LogP contribution in [0.4, 0.5) is 0 Å². The lowest BCUT2D eigenvalue weighted by Gasteiger charge is -2.36. The molecule has 0 bridgehead atoms. The Morgan fingerprint density at radius 3 is 2.62 bits per heavy atom. The molecule has 1 atom stereocenters. The Hall–Kier alpha value is -2.48. The molecule has 1 aliphatic heterocycles. The van der Waals surface area contributed by atoms with Gasteiger partial charge in [0.05, 0.1) is 6.61 Å². The predicted molar refractivity (Wildman–Crippen MR) is 88.0 cm³/mol. The van der Waals surface area contributed by atoms with Gasteiger partial charge < -0.3 is 13.6 Å². The first-order valence-electron chi connectivity index (χ1n) is 7.18. The van der Waals surface area contributed by atoms with Crippen molar-refractivity contribution in [2.75, 3.05) is 6.61 Å². The summed E-state index contributed by atoms with van der Waals surface area (Å²) in [5, 5.41) is 0. The smallest absolute Gasteiger partial charge is 0.236 e. The monoisotopic (exact) mass is 344 g/mol. The number of benzene rings is 2. The molecule has 6 nitrogen and oxygen atoms in total. The molecule has 0 amide bonds. The van der Waals surface area contributed by atoms with E-state index in [2.05, 4.69) is 4.72 Å². The van der Waals surface area contributed by atoms with Crippen LogP contribution in [0.15, 0.2) is 66.7 Å². The van der Waals surface area contributed by atoms with E-state index in [0.717, 1.165) is 0 Å². The van der Waals surface area contributed by atoms with Gasteiger partial charge in [-0.05, 0) is 12.1 Å². The van der Waals surface area contributed by atoms with Crippen LogP contribution in [0.1, 0.15) is 22.1 Å². The molecule has 7 heteroatoms. The molecule has 24 heavy (non-hydrogen) atoms. The van der Waals surface area contributed by atoms with E-state index in [4.69, 9.17) is 8.92 Å². The van der Waals surface area contributed by atoms with Crippen LogP contribution in [-0.4, -0.2) is 20.8 Å². The Bertz CT molecular complexity index is 862.